The van der Waals surface area contributed by atoms with Crippen LogP contribution in [0.3, 0.4) is 0 Å². The Morgan fingerprint density at radius 2 is 1.93 bits per heavy atom. The number of hydrazone groups is 1. The number of hydrogen-bond donors (Lipinski definition) is 1. The fourth-order valence-electron chi connectivity index (χ4n) is 2.15. The van der Waals surface area contributed by atoms with Gasteiger partial charge in [-0.05, 0) is 42.8 Å². The summed E-state index contributed by atoms with van der Waals surface area (Å²) < 4.78 is 35.2. The second kappa shape index (κ2) is 8.19. The van der Waals surface area contributed by atoms with Gasteiger partial charge in [-0.15, -0.1) is 11.3 Å². The summed E-state index contributed by atoms with van der Waals surface area (Å²) in [6.45, 7) is 1.90. The summed E-state index contributed by atoms with van der Waals surface area (Å²) in [5.74, 6) is 0.380. The van der Waals surface area contributed by atoms with Crippen LogP contribution < -0.4 is 14.3 Å². The highest BCUT2D eigenvalue weighted by Crippen LogP contribution is 2.30. The summed E-state index contributed by atoms with van der Waals surface area (Å²) in [7, 11) is -2.50. The van der Waals surface area contributed by atoms with Gasteiger partial charge >= 0.3 is 10.1 Å². The molecule has 1 heterocycles. The van der Waals surface area contributed by atoms with E-state index in [4.69, 9.17) is 8.92 Å². The lowest BCUT2D eigenvalue weighted by molar-refractivity contribution is 0.390. The van der Waals surface area contributed by atoms with Crippen molar-refractivity contribution in [1.29, 1.82) is 0 Å². The normalized spacial score (nSPS) is 11.5. The monoisotopic (exact) mass is 403 g/mol. The minimum absolute atomic E-state index is 0.0700. The molecule has 2 aromatic carbocycles. The number of methoxy groups -OCH3 is 1. The van der Waals surface area contributed by atoms with E-state index < -0.39 is 10.1 Å². The maximum absolute atomic E-state index is 12.4. The highest BCUT2D eigenvalue weighted by Gasteiger charge is 2.18. The molecule has 9 heteroatoms. The molecule has 7 nitrogen and oxygen atoms in total. The van der Waals surface area contributed by atoms with Crippen molar-refractivity contribution in [2.45, 2.75) is 11.8 Å². The molecule has 0 amide bonds. The third kappa shape index (κ3) is 4.83. The SMILES string of the molecule is COc1cc(/C=N\Nc2nc(C)cs2)ccc1OS(=O)(=O)c1ccccc1. The number of anilines is 1. The predicted octanol–water partition coefficient (Wildman–Crippen LogP) is 3.67. The molecule has 140 valence electrons. The number of benzene rings is 2. The Bertz CT molecular complexity index is 1050. The average Bonchev–Trinajstić information content (AvgIpc) is 3.08. The van der Waals surface area contributed by atoms with Gasteiger partial charge in [0.2, 0.25) is 5.13 Å². The molecule has 27 heavy (non-hydrogen) atoms. The number of aryl methyl sites for hydroxylation is 1. The Balaban J connectivity index is 1.76. The molecule has 0 aliphatic heterocycles. The van der Waals surface area contributed by atoms with Crippen molar-refractivity contribution in [2.75, 3.05) is 12.5 Å². The molecule has 0 bridgehead atoms. The lowest BCUT2D eigenvalue weighted by atomic mass is 10.2. The van der Waals surface area contributed by atoms with Gasteiger partial charge in [-0.2, -0.15) is 13.5 Å². The second-order valence-electron chi connectivity index (χ2n) is 5.42. The van der Waals surface area contributed by atoms with Crippen LogP contribution >= 0.6 is 11.3 Å². The third-order valence-corrected chi connectivity index (χ3v) is 5.53. The topological polar surface area (TPSA) is 89.9 Å². The van der Waals surface area contributed by atoms with Crippen molar-refractivity contribution < 1.29 is 17.3 Å². The lowest BCUT2D eigenvalue weighted by Crippen LogP contribution is -2.10. The smallest absolute Gasteiger partial charge is 0.339 e. The van der Waals surface area contributed by atoms with E-state index in [0.717, 1.165) is 5.69 Å². The number of rotatable bonds is 7. The highest BCUT2D eigenvalue weighted by atomic mass is 32.2. The van der Waals surface area contributed by atoms with Crippen LogP contribution in [0.2, 0.25) is 0 Å². The second-order valence-corrected chi connectivity index (χ2v) is 7.83. The number of aromatic nitrogens is 1. The van der Waals surface area contributed by atoms with Crippen LogP contribution in [0.25, 0.3) is 0 Å². The Hall–Kier alpha value is -2.91. The van der Waals surface area contributed by atoms with Crippen LogP contribution in [-0.2, 0) is 10.1 Å². The zero-order valence-corrected chi connectivity index (χ0v) is 16.3. The molecule has 0 saturated carbocycles. The molecule has 1 N–H and O–H groups in total. The summed E-state index contributed by atoms with van der Waals surface area (Å²) >= 11 is 1.45. The average molecular weight is 403 g/mol. The Kier molecular flexibility index (Phi) is 5.72. The molecule has 1 aromatic heterocycles. The van der Waals surface area contributed by atoms with Crippen molar-refractivity contribution in [1.82, 2.24) is 4.98 Å². The third-order valence-electron chi connectivity index (χ3n) is 3.41. The van der Waals surface area contributed by atoms with Gasteiger partial charge in [0.25, 0.3) is 0 Å². The van der Waals surface area contributed by atoms with Crippen LogP contribution in [0.4, 0.5) is 5.13 Å². The molecular formula is C18H17N3O4S2. The fourth-order valence-corrected chi connectivity index (χ4v) is 3.75. The summed E-state index contributed by atoms with van der Waals surface area (Å²) in [4.78, 5) is 4.31. The zero-order valence-electron chi connectivity index (χ0n) is 14.6. The van der Waals surface area contributed by atoms with Crippen molar-refractivity contribution in [2.24, 2.45) is 5.10 Å². The minimum Gasteiger partial charge on any atom is -0.493 e. The fraction of sp³-hybridized carbons (Fsp3) is 0.111. The first kappa shape index (κ1) is 18.9. The van der Waals surface area contributed by atoms with Gasteiger partial charge in [-0.25, -0.2) is 4.98 Å². The summed E-state index contributed by atoms with van der Waals surface area (Å²) in [5, 5.41) is 6.71. The van der Waals surface area contributed by atoms with E-state index in [-0.39, 0.29) is 16.4 Å². The van der Waals surface area contributed by atoms with Crippen LogP contribution in [0, 0.1) is 6.92 Å². The number of thiazole rings is 1. The number of ether oxygens (including phenoxy) is 1. The summed E-state index contributed by atoms with van der Waals surface area (Å²) in [6, 6.07) is 12.8. The first-order valence-corrected chi connectivity index (χ1v) is 10.2. The van der Waals surface area contributed by atoms with E-state index in [1.165, 1.54) is 36.6 Å². The van der Waals surface area contributed by atoms with Crippen LogP contribution in [0.1, 0.15) is 11.3 Å². The highest BCUT2D eigenvalue weighted by molar-refractivity contribution is 7.87. The maximum Gasteiger partial charge on any atom is 0.339 e. The lowest BCUT2D eigenvalue weighted by Gasteiger charge is -2.11. The number of nitrogens with one attached hydrogen (secondary N) is 1. The van der Waals surface area contributed by atoms with E-state index in [2.05, 4.69) is 15.5 Å². The molecule has 0 atom stereocenters. The predicted molar refractivity (Wildman–Crippen MR) is 105 cm³/mol. The molecule has 0 radical (unpaired) electrons. The van der Waals surface area contributed by atoms with E-state index >= 15 is 0 Å². The van der Waals surface area contributed by atoms with Crippen LogP contribution in [-0.4, -0.2) is 26.7 Å². The Morgan fingerprint density at radius 3 is 2.59 bits per heavy atom. The molecule has 0 spiro atoms. The largest absolute Gasteiger partial charge is 0.493 e. The molecule has 3 aromatic rings. The van der Waals surface area contributed by atoms with E-state index in [1.807, 2.05) is 12.3 Å². The first-order chi connectivity index (χ1) is 13.0. The maximum atomic E-state index is 12.4. The molecular weight excluding hydrogens is 386 g/mol. The zero-order chi connectivity index (χ0) is 19.3. The van der Waals surface area contributed by atoms with Crippen LogP contribution in [0.5, 0.6) is 11.5 Å². The molecule has 3 rings (SSSR count). The van der Waals surface area contributed by atoms with E-state index in [9.17, 15) is 8.42 Å². The molecule has 0 saturated heterocycles. The van der Waals surface area contributed by atoms with Crippen LogP contribution in [0.15, 0.2) is 63.9 Å². The van der Waals surface area contributed by atoms with Gasteiger partial charge < -0.3 is 8.92 Å². The quantitative estimate of drug-likeness (QED) is 0.368. The molecule has 0 unspecified atom stereocenters. The molecule has 0 aliphatic carbocycles. The molecule has 0 aliphatic rings. The summed E-state index contributed by atoms with van der Waals surface area (Å²) in [5.41, 5.74) is 4.46. The first-order valence-electron chi connectivity index (χ1n) is 7.87. The number of nitrogens with zero attached hydrogens (tertiary/aromatic N) is 2. The van der Waals surface area contributed by atoms with Crippen molar-refractivity contribution in [3.05, 3.63) is 65.2 Å². The van der Waals surface area contributed by atoms with Crippen molar-refractivity contribution in [3.8, 4) is 11.5 Å². The van der Waals surface area contributed by atoms with Gasteiger partial charge in [-0.3, -0.25) is 5.43 Å². The van der Waals surface area contributed by atoms with Gasteiger partial charge in [0.05, 0.1) is 19.0 Å². The van der Waals surface area contributed by atoms with E-state index in [1.54, 1.807) is 36.5 Å². The van der Waals surface area contributed by atoms with E-state index in [0.29, 0.717) is 10.7 Å². The van der Waals surface area contributed by atoms with Crippen molar-refractivity contribution in [3.63, 3.8) is 0 Å². The van der Waals surface area contributed by atoms with Gasteiger partial charge in [0.15, 0.2) is 11.5 Å². The van der Waals surface area contributed by atoms with Gasteiger partial charge in [0.1, 0.15) is 4.90 Å². The van der Waals surface area contributed by atoms with Gasteiger partial charge in [-0.1, -0.05) is 18.2 Å². The summed E-state index contributed by atoms with van der Waals surface area (Å²) in [6.07, 6.45) is 1.58. The van der Waals surface area contributed by atoms with Gasteiger partial charge in [0, 0.05) is 5.38 Å². The van der Waals surface area contributed by atoms with Crippen molar-refractivity contribution >= 4 is 32.8 Å². The number of hydrogen-bond acceptors (Lipinski definition) is 8. The Morgan fingerprint density at radius 1 is 1.15 bits per heavy atom. The minimum atomic E-state index is -3.94. The Labute approximate surface area is 161 Å². The molecule has 0 fully saturated rings. The standard InChI is InChI=1S/C18H17N3O4S2/c1-13-12-26-18(20-13)21-19-11-14-8-9-16(17(10-14)24-2)25-27(22,23)15-6-4-3-5-7-15/h3-12H,1-2H3,(H,20,21)/b19-11-.